The van der Waals surface area contributed by atoms with Gasteiger partial charge in [-0.2, -0.15) is 0 Å². The first-order chi connectivity index (χ1) is 12.2. The minimum atomic E-state index is -0.427. The molecule has 1 saturated heterocycles. The highest BCUT2D eigenvalue weighted by molar-refractivity contribution is 7.99. The quantitative estimate of drug-likeness (QED) is 0.757. The lowest BCUT2D eigenvalue weighted by Crippen LogP contribution is -2.50. The van der Waals surface area contributed by atoms with Gasteiger partial charge in [0.2, 0.25) is 5.91 Å². The van der Waals surface area contributed by atoms with Crippen LogP contribution in [0.3, 0.4) is 0 Å². The largest absolute Gasteiger partial charge is 0.386 e. The van der Waals surface area contributed by atoms with Crippen molar-refractivity contribution >= 4 is 41.4 Å². The van der Waals surface area contributed by atoms with E-state index in [0.717, 1.165) is 36.8 Å². The zero-order valence-corrected chi connectivity index (χ0v) is 17.1. The maximum Gasteiger partial charge on any atom is 0.232 e. The Morgan fingerprint density at radius 3 is 2.50 bits per heavy atom. The Balaban J connectivity index is 0.00000243. The van der Waals surface area contributed by atoms with Gasteiger partial charge < -0.3 is 10.0 Å². The van der Waals surface area contributed by atoms with Crippen LogP contribution in [0.4, 0.5) is 0 Å². The molecule has 1 aliphatic rings. The summed E-state index contributed by atoms with van der Waals surface area (Å²) < 4.78 is 0. The second-order valence-electron chi connectivity index (χ2n) is 6.19. The van der Waals surface area contributed by atoms with Crippen molar-refractivity contribution in [2.45, 2.75) is 11.9 Å². The smallest absolute Gasteiger partial charge is 0.232 e. The van der Waals surface area contributed by atoms with Crippen molar-refractivity contribution in [1.82, 2.24) is 9.80 Å². The van der Waals surface area contributed by atoms with Gasteiger partial charge in [-0.3, -0.25) is 9.69 Å². The van der Waals surface area contributed by atoms with Crippen LogP contribution in [0.5, 0.6) is 0 Å². The Morgan fingerprint density at radius 2 is 1.85 bits per heavy atom. The lowest BCUT2D eigenvalue weighted by molar-refractivity contribution is -0.130. The average Bonchev–Trinajstić information content (AvgIpc) is 3.18. The van der Waals surface area contributed by atoms with Crippen LogP contribution in [0.2, 0.25) is 0 Å². The van der Waals surface area contributed by atoms with Crippen LogP contribution in [0, 0.1) is 0 Å². The fourth-order valence-electron chi connectivity index (χ4n) is 2.92. The number of aliphatic hydroxyl groups excluding tert-OH is 1. The van der Waals surface area contributed by atoms with E-state index in [1.54, 1.807) is 23.1 Å². The SMILES string of the molecule is Cl.O=C(CSCc1ccccc1)N1CCN(CC(O)c2cccs2)CC1. The van der Waals surface area contributed by atoms with Crippen molar-refractivity contribution in [2.75, 3.05) is 38.5 Å². The number of benzene rings is 1. The molecule has 1 amide bonds. The Kier molecular flexibility index (Phi) is 8.95. The van der Waals surface area contributed by atoms with Crippen LogP contribution in [-0.2, 0) is 10.5 Å². The number of amides is 1. The van der Waals surface area contributed by atoms with Gasteiger partial charge in [-0.15, -0.1) is 35.5 Å². The first-order valence-corrected chi connectivity index (χ1v) is 10.6. The summed E-state index contributed by atoms with van der Waals surface area (Å²) in [6.45, 7) is 3.81. The number of halogens is 1. The molecular weight excluding hydrogens is 388 g/mol. The molecule has 7 heteroatoms. The van der Waals surface area contributed by atoms with Crippen molar-refractivity contribution in [3.63, 3.8) is 0 Å². The highest BCUT2D eigenvalue weighted by Crippen LogP contribution is 2.20. The molecule has 142 valence electrons. The Hall–Kier alpha value is -1.05. The van der Waals surface area contributed by atoms with E-state index < -0.39 is 6.10 Å². The molecule has 0 spiro atoms. The predicted octanol–water partition coefficient (Wildman–Crippen LogP) is 3.28. The molecular formula is C19H25ClN2O2S2. The van der Waals surface area contributed by atoms with Gasteiger partial charge in [0, 0.05) is 43.4 Å². The normalized spacial score (nSPS) is 16.1. The third-order valence-corrected chi connectivity index (χ3v) is 6.33. The third kappa shape index (κ3) is 6.28. The zero-order valence-electron chi connectivity index (χ0n) is 14.6. The van der Waals surface area contributed by atoms with Crippen molar-refractivity contribution in [3.8, 4) is 0 Å². The standard InChI is InChI=1S/C19H24N2O2S2.ClH/c22-17(18-7-4-12-25-18)13-20-8-10-21(11-9-20)19(23)15-24-14-16-5-2-1-3-6-16;/h1-7,12,17,22H,8-11,13-15H2;1H. The summed E-state index contributed by atoms with van der Waals surface area (Å²) in [5.41, 5.74) is 1.26. The van der Waals surface area contributed by atoms with E-state index >= 15 is 0 Å². The molecule has 0 saturated carbocycles. The van der Waals surface area contributed by atoms with Gasteiger partial charge >= 0.3 is 0 Å². The fraction of sp³-hybridized carbons (Fsp3) is 0.421. The molecule has 1 aromatic carbocycles. The van der Waals surface area contributed by atoms with Gasteiger partial charge in [-0.05, 0) is 17.0 Å². The van der Waals surface area contributed by atoms with Gasteiger partial charge in [0.05, 0.1) is 5.75 Å². The molecule has 1 aromatic heterocycles. The Morgan fingerprint density at radius 1 is 1.12 bits per heavy atom. The van der Waals surface area contributed by atoms with Crippen LogP contribution >= 0.6 is 35.5 Å². The second kappa shape index (κ2) is 10.9. The lowest BCUT2D eigenvalue weighted by Gasteiger charge is -2.35. The second-order valence-corrected chi connectivity index (χ2v) is 8.16. The molecule has 1 atom stereocenters. The molecule has 0 bridgehead atoms. The average molecular weight is 413 g/mol. The number of hydrogen-bond donors (Lipinski definition) is 1. The van der Waals surface area contributed by atoms with Gasteiger partial charge in [-0.1, -0.05) is 36.4 Å². The van der Waals surface area contributed by atoms with Gasteiger partial charge in [0.1, 0.15) is 6.10 Å². The van der Waals surface area contributed by atoms with Gasteiger partial charge in [-0.25, -0.2) is 0 Å². The monoisotopic (exact) mass is 412 g/mol. The van der Waals surface area contributed by atoms with Crippen molar-refractivity contribution in [2.24, 2.45) is 0 Å². The number of piperazine rings is 1. The molecule has 1 fully saturated rings. The molecule has 26 heavy (non-hydrogen) atoms. The van der Waals surface area contributed by atoms with E-state index in [1.165, 1.54) is 5.56 Å². The van der Waals surface area contributed by atoms with Crippen LogP contribution < -0.4 is 0 Å². The van der Waals surface area contributed by atoms with Crippen LogP contribution in [0.25, 0.3) is 0 Å². The Labute approximate surface area is 169 Å². The summed E-state index contributed by atoms with van der Waals surface area (Å²) in [4.78, 5) is 17.5. The van der Waals surface area contributed by atoms with Crippen LogP contribution in [0.15, 0.2) is 47.8 Å². The lowest BCUT2D eigenvalue weighted by atomic mass is 10.2. The summed E-state index contributed by atoms with van der Waals surface area (Å²) in [7, 11) is 0. The van der Waals surface area contributed by atoms with E-state index in [4.69, 9.17) is 0 Å². The number of aliphatic hydroxyl groups is 1. The predicted molar refractivity (Wildman–Crippen MR) is 112 cm³/mol. The van der Waals surface area contributed by atoms with Gasteiger partial charge in [0.25, 0.3) is 0 Å². The summed E-state index contributed by atoms with van der Waals surface area (Å²) in [6, 6.07) is 14.2. The van der Waals surface area contributed by atoms with Crippen molar-refractivity contribution in [3.05, 3.63) is 58.3 Å². The minimum Gasteiger partial charge on any atom is -0.386 e. The topological polar surface area (TPSA) is 43.8 Å². The number of carbonyl (C=O) groups is 1. The minimum absolute atomic E-state index is 0. The number of β-amino-alcohol motifs (C(OH)–C–C–N with tert-alkyl or cyclic N) is 1. The summed E-state index contributed by atoms with van der Waals surface area (Å²) >= 11 is 3.26. The van der Waals surface area contributed by atoms with E-state index in [9.17, 15) is 9.90 Å². The van der Waals surface area contributed by atoms with E-state index in [-0.39, 0.29) is 18.3 Å². The molecule has 0 aliphatic carbocycles. The molecule has 2 aromatic rings. The number of carbonyl (C=O) groups excluding carboxylic acids is 1. The van der Waals surface area contributed by atoms with Crippen LogP contribution in [0.1, 0.15) is 16.5 Å². The molecule has 1 unspecified atom stereocenters. The number of nitrogens with zero attached hydrogens (tertiary/aromatic N) is 2. The molecule has 4 nitrogen and oxygen atoms in total. The maximum atomic E-state index is 12.3. The third-order valence-electron chi connectivity index (χ3n) is 4.36. The molecule has 0 radical (unpaired) electrons. The summed E-state index contributed by atoms with van der Waals surface area (Å²) in [5.74, 6) is 1.63. The van der Waals surface area contributed by atoms with Crippen molar-refractivity contribution < 1.29 is 9.90 Å². The highest BCUT2D eigenvalue weighted by atomic mass is 35.5. The maximum absolute atomic E-state index is 12.3. The number of rotatable bonds is 7. The fourth-order valence-corrected chi connectivity index (χ4v) is 4.51. The number of thiophene rings is 1. The summed E-state index contributed by atoms with van der Waals surface area (Å²) in [5, 5.41) is 12.2. The van der Waals surface area contributed by atoms with E-state index in [2.05, 4.69) is 17.0 Å². The van der Waals surface area contributed by atoms with Crippen LogP contribution in [-0.4, -0.2) is 59.3 Å². The zero-order chi connectivity index (χ0) is 17.5. The first kappa shape index (κ1) is 21.3. The van der Waals surface area contributed by atoms with E-state index in [1.807, 2.05) is 40.6 Å². The first-order valence-electron chi connectivity index (χ1n) is 8.55. The van der Waals surface area contributed by atoms with Gasteiger partial charge in [0.15, 0.2) is 0 Å². The molecule has 2 heterocycles. The highest BCUT2D eigenvalue weighted by Gasteiger charge is 2.23. The summed E-state index contributed by atoms with van der Waals surface area (Å²) in [6.07, 6.45) is -0.427. The molecule has 1 aliphatic heterocycles. The molecule has 1 N–H and O–H groups in total. The number of thioether (sulfide) groups is 1. The van der Waals surface area contributed by atoms with Crippen molar-refractivity contribution in [1.29, 1.82) is 0 Å². The van der Waals surface area contributed by atoms with E-state index in [0.29, 0.717) is 12.3 Å². The Bertz CT molecular complexity index is 647. The molecule has 3 rings (SSSR count). The number of hydrogen-bond acceptors (Lipinski definition) is 5.